The number of aromatic nitrogens is 1. The quantitative estimate of drug-likeness (QED) is 0.827. The summed E-state index contributed by atoms with van der Waals surface area (Å²) in [5.74, 6) is 0. The molecule has 0 aliphatic carbocycles. The van der Waals surface area contributed by atoms with Crippen molar-refractivity contribution in [2.24, 2.45) is 0 Å². The van der Waals surface area contributed by atoms with Gasteiger partial charge in [-0.05, 0) is 43.8 Å². The van der Waals surface area contributed by atoms with Crippen molar-refractivity contribution < 1.29 is 0 Å². The van der Waals surface area contributed by atoms with E-state index >= 15 is 0 Å². The van der Waals surface area contributed by atoms with E-state index in [0.717, 1.165) is 46.8 Å². The van der Waals surface area contributed by atoms with Crippen molar-refractivity contribution >= 4 is 22.5 Å². The highest BCUT2D eigenvalue weighted by molar-refractivity contribution is 6.32. The van der Waals surface area contributed by atoms with Crippen LogP contribution in [0.4, 0.5) is 0 Å². The van der Waals surface area contributed by atoms with E-state index < -0.39 is 0 Å². The van der Waals surface area contributed by atoms with E-state index in [9.17, 15) is 0 Å². The molecule has 0 saturated carbocycles. The maximum atomic E-state index is 6.15. The van der Waals surface area contributed by atoms with Crippen LogP contribution in [0.3, 0.4) is 0 Å². The molecule has 3 heteroatoms. The lowest BCUT2D eigenvalue weighted by molar-refractivity contribution is 0.292. The fraction of sp³-hybridized carbons (Fsp3) is 0.400. The Morgan fingerprint density at radius 2 is 1.89 bits per heavy atom. The Labute approximate surface area is 114 Å². The van der Waals surface area contributed by atoms with Crippen molar-refractivity contribution in [3.8, 4) is 0 Å². The molecule has 2 nitrogen and oxygen atoms in total. The molecule has 0 saturated heterocycles. The summed E-state index contributed by atoms with van der Waals surface area (Å²) >= 11 is 6.15. The first kappa shape index (κ1) is 13.3. The zero-order valence-corrected chi connectivity index (χ0v) is 12.0. The summed E-state index contributed by atoms with van der Waals surface area (Å²) in [4.78, 5) is 7.04. The molecule has 0 amide bonds. The first-order valence-electron chi connectivity index (χ1n) is 6.42. The van der Waals surface area contributed by atoms with Gasteiger partial charge in [0.25, 0.3) is 0 Å². The number of benzene rings is 1. The standard InChI is InChI=1S/C15H19ClN2/c1-4-18(5-2)10-13-7-6-12-8-11(3)14(16)9-15(12)17-13/h6-9H,4-5,10H2,1-3H3. The second kappa shape index (κ2) is 5.68. The average Bonchev–Trinajstić information content (AvgIpc) is 2.37. The molecule has 18 heavy (non-hydrogen) atoms. The number of pyridine rings is 1. The first-order valence-corrected chi connectivity index (χ1v) is 6.80. The number of halogens is 1. The Bertz CT molecular complexity index is 547. The molecule has 0 bridgehead atoms. The van der Waals surface area contributed by atoms with Crippen molar-refractivity contribution in [2.45, 2.75) is 27.3 Å². The number of hydrogen-bond acceptors (Lipinski definition) is 2. The van der Waals surface area contributed by atoms with Crippen molar-refractivity contribution in [3.63, 3.8) is 0 Å². The van der Waals surface area contributed by atoms with Crippen molar-refractivity contribution in [1.29, 1.82) is 0 Å². The van der Waals surface area contributed by atoms with Gasteiger partial charge in [0.15, 0.2) is 0 Å². The number of aryl methyl sites for hydroxylation is 1. The van der Waals surface area contributed by atoms with Gasteiger partial charge in [-0.3, -0.25) is 9.88 Å². The van der Waals surface area contributed by atoms with Crippen LogP contribution in [-0.2, 0) is 6.54 Å². The zero-order valence-electron chi connectivity index (χ0n) is 11.2. The van der Waals surface area contributed by atoms with Gasteiger partial charge < -0.3 is 0 Å². The van der Waals surface area contributed by atoms with Crippen LogP contribution in [0.25, 0.3) is 10.9 Å². The summed E-state index contributed by atoms with van der Waals surface area (Å²) in [5, 5.41) is 1.94. The molecule has 1 aromatic carbocycles. The molecule has 0 spiro atoms. The number of fused-ring (bicyclic) bond motifs is 1. The van der Waals surface area contributed by atoms with Crippen LogP contribution in [0.2, 0.25) is 5.02 Å². The Morgan fingerprint density at radius 1 is 1.17 bits per heavy atom. The van der Waals surface area contributed by atoms with E-state index in [1.807, 2.05) is 13.0 Å². The summed E-state index contributed by atoms with van der Waals surface area (Å²) in [6, 6.07) is 8.28. The highest BCUT2D eigenvalue weighted by atomic mass is 35.5. The van der Waals surface area contributed by atoms with Gasteiger partial charge in [0.2, 0.25) is 0 Å². The highest BCUT2D eigenvalue weighted by Crippen LogP contribution is 2.22. The summed E-state index contributed by atoms with van der Waals surface area (Å²) in [6.07, 6.45) is 0. The fourth-order valence-electron chi connectivity index (χ4n) is 2.07. The Kier molecular flexibility index (Phi) is 4.20. The van der Waals surface area contributed by atoms with E-state index in [0.29, 0.717) is 0 Å². The predicted molar refractivity (Wildman–Crippen MR) is 78.1 cm³/mol. The summed E-state index contributed by atoms with van der Waals surface area (Å²) in [6.45, 7) is 9.35. The smallest absolute Gasteiger partial charge is 0.0720 e. The topological polar surface area (TPSA) is 16.1 Å². The van der Waals surface area contributed by atoms with Crippen molar-refractivity contribution in [3.05, 3.63) is 40.5 Å². The number of rotatable bonds is 4. The molecule has 0 fully saturated rings. The van der Waals surface area contributed by atoms with Gasteiger partial charge in [-0.15, -0.1) is 0 Å². The highest BCUT2D eigenvalue weighted by Gasteiger charge is 2.05. The van der Waals surface area contributed by atoms with Gasteiger partial charge in [0, 0.05) is 17.0 Å². The van der Waals surface area contributed by atoms with Crippen LogP contribution in [0.5, 0.6) is 0 Å². The lowest BCUT2D eigenvalue weighted by atomic mass is 10.1. The van der Waals surface area contributed by atoms with Crippen molar-refractivity contribution in [2.75, 3.05) is 13.1 Å². The largest absolute Gasteiger partial charge is 0.298 e. The minimum atomic E-state index is 0.787. The van der Waals surface area contributed by atoms with E-state index in [1.54, 1.807) is 0 Å². The molecule has 96 valence electrons. The Hall–Kier alpha value is -1.12. The van der Waals surface area contributed by atoms with Gasteiger partial charge in [0.1, 0.15) is 0 Å². The molecule has 0 radical (unpaired) electrons. The molecular weight excluding hydrogens is 244 g/mol. The fourth-order valence-corrected chi connectivity index (χ4v) is 2.22. The number of nitrogens with zero attached hydrogens (tertiary/aromatic N) is 2. The van der Waals surface area contributed by atoms with Crippen LogP contribution >= 0.6 is 11.6 Å². The molecule has 1 heterocycles. The molecule has 0 aliphatic heterocycles. The monoisotopic (exact) mass is 262 g/mol. The van der Waals surface area contributed by atoms with Gasteiger partial charge in [0.05, 0.1) is 11.2 Å². The molecule has 0 aliphatic rings. The van der Waals surface area contributed by atoms with Crippen LogP contribution in [-0.4, -0.2) is 23.0 Å². The molecule has 1 aromatic heterocycles. The van der Waals surface area contributed by atoms with Crippen LogP contribution in [0.1, 0.15) is 25.1 Å². The molecule has 2 rings (SSSR count). The van der Waals surface area contributed by atoms with Gasteiger partial charge in [-0.25, -0.2) is 0 Å². The lowest BCUT2D eigenvalue weighted by Gasteiger charge is -2.17. The zero-order chi connectivity index (χ0) is 13.1. The number of hydrogen-bond donors (Lipinski definition) is 0. The van der Waals surface area contributed by atoms with Gasteiger partial charge in [-0.1, -0.05) is 31.5 Å². The van der Waals surface area contributed by atoms with E-state index in [2.05, 4.69) is 41.9 Å². The van der Waals surface area contributed by atoms with E-state index in [1.165, 1.54) is 0 Å². The average molecular weight is 263 g/mol. The van der Waals surface area contributed by atoms with Crippen molar-refractivity contribution in [1.82, 2.24) is 9.88 Å². The second-order valence-corrected chi connectivity index (χ2v) is 4.97. The third-order valence-electron chi connectivity index (χ3n) is 3.31. The Morgan fingerprint density at radius 3 is 2.56 bits per heavy atom. The summed E-state index contributed by atoms with van der Waals surface area (Å²) in [5.41, 5.74) is 3.18. The van der Waals surface area contributed by atoms with Gasteiger partial charge >= 0.3 is 0 Å². The maximum absolute atomic E-state index is 6.15. The van der Waals surface area contributed by atoms with Crippen LogP contribution in [0.15, 0.2) is 24.3 Å². The normalized spacial score (nSPS) is 11.4. The first-order chi connectivity index (χ1) is 8.63. The molecule has 0 N–H and O–H groups in total. The van der Waals surface area contributed by atoms with Crippen LogP contribution < -0.4 is 0 Å². The predicted octanol–water partition coefficient (Wildman–Crippen LogP) is 4.04. The van der Waals surface area contributed by atoms with Crippen LogP contribution in [0, 0.1) is 6.92 Å². The molecular formula is C15H19ClN2. The minimum absolute atomic E-state index is 0.787. The third kappa shape index (κ3) is 2.82. The third-order valence-corrected chi connectivity index (χ3v) is 3.71. The van der Waals surface area contributed by atoms with Gasteiger partial charge in [-0.2, -0.15) is 0 Å². The van der Waals surface area contributed by atoms with E-state index in [-0.39, 0.29) is 0 Å². The molecule has 0 atom stereocenters. The lowest BCUT2D eigenvalue weighted by Crippen LogP contribution is -2.22. The summed E-state index contributed by atoms with van der Waals surface area (Å²) < 4.78 is 0. The molecule has 0 unspecified atom stereocenters. The SMILES string of the molecule is CCN(CC)Cc1ccc2cc(C)c(Cl)cc2n1. The van der Waals surface area contributed by atoms with E-state index in [4.69, 9.17) is 11.6 Å². The maximum Gasteiger partial charge on any atom is 0.0720 e. The molecule has 2 aromatic rings. The summed E-state index contributed by atoms with van der Waals surface area (Å²) in [7, 11) is 0. The Balaban J connectivity index is 2.35. The second-order valence-electron chi connectivity index (χ2n) is 4.56. The minimum Gasteiger partial charge on any atom is -0.298 e.